The summed E-state index contributed by atoms with van der Waals surface area (Å²) >= 11 is 0.991. The number of thiazole rings is 1. The highest BCUT2D eigenvalue weighted by molar-refractivity contribution is 7.22. The number of anilines is 1. The lowest BCUT2D eigenvalue weighted by Crippen LogP contribution is -2.10. The SMILES string of the molecule is COc1cc([N+](=O)[O-])cc2sc(NC(=O)c3ccc([N+](=O)[O-])o3)nc12. The Bertz CT molecular complexity index is 1010. The number of nitro benzene ring substituents is 1. The second-order valence-corrected chi connectivity index (χ2v) is 5.65. The second-order valence-electron chi connectivity index (χ2n) is 4.62. The molecule has 1 aromatic carbocycles. The normalized spacial score (nSPS) is 10.6. The zero-order valence-corrected chi connectivity index (χ0v) is 13.2. The molecule has 2 heterocycles. The van der Waals surface area contributed by atoms with E-state index in [0.29, 0.717) is 10.2 Å². The molecule has 3 rings (SSSR count). The van der Waals surface area contributed by atoms with E-state index in [-0.39, 0.29) is 22.3 Å². The number of methoxy groups -OCH3 is 1. The maximum absolute atomic E-state index is 12.1. The fourth-order valence-corrected chi connectivity index (χ4v) is 2.92. The molecule has 0 spiro atoms. The number of nitrogens with zero attached hydrogens (tertiary/aromatic N) is 3. The van der Waals surface area contributed by atoms with Crippen LogP contribution in [0.4, 0.5) is 16.7 Å². The van der Waals surface area contributed by atoms with Gasteiger partial charge in [0, 0.05) is 6.07 Å². The van der Waals surface area contributed by atoms with Gasteiger partial charge in [-0.1, -0.05) is 11.3 Å². The number of non-ortho nitro benzene ring substituents is 1. The largest absolute Gasteiger partial charge is 0.494 e. The van der Waals surface area contributed by atoms with Crippen molar-refractivity contribution in [2.24, 2.45) is 0 Å². The minimum absolute atomic E-state index is 0.137. The molecule has 11 nitrogen and oxygen atoms in total. The predicted molar refractivity (Wildman–Crippen MR) is 86.1 cm³/mol. The first-order chi connectivity index (χ1) is 11.9. The lowest BCUT2D eigenvalue weighted by Gasteiger charge is -2.00. The van der Waals surface area contributed by atoms with Crippen LogP contribution in [0.15, 0.2) is 28.7 Å². The van der Waals surface area contributed by atoms with Crippen molar-refractivity contribution in [1.82, 2.24) is 4.98 Å². The first-order valence-corrected chi connectivity index (χ1v) is 7.39. The number of carbonyl (C=O) groups excluding carboxylic acids is 1. The van der Waals surface area contributed by atoms with Crippen LogP contribution in [0.1, 0.15) is 10.6 Å². The van der Waals surface area contributed by atoms with E-state index in [2.05, 4.69) is 10.3 Å². The Labute approximate surface area is 142 Å². The fourth-order valence-electron chi connectivity index (χ4n) is 2.01. The van der Waals surface area contributed by atoms with E-state index in [1.165, 1.54) is 19.2 Å². The summed E-state index contributed by atoms with van der Waals surface area (Å²) in [5.41, 5.74) is 0.173. The van der Waals surface area contributed by atoms with E-state index >= 15 is 0 Å². The van der Waals surface area contributed by atoms with Gasteiger partial charge in [0.05, 0.1) is 28.9 Å². The van der Waals surface area contributed by atoms with Crippen molar-refractivity contribution in [2.75, 3.05) is 12.4 Å². The smallest absolute Gasteiger partial charge is 0.433 e. The molecular formula is C13H8N4O7S. The highest BCUT2D eigenvalue weighted by atomic mass is 32.1. The van der Waals surface area contributed by atoms with Gasteiger partial charge in [0.1, 0.15) is 10.4 Å². The fraction of sp³-hybridized carbons (Fsp3) is 0.0769. The second kappa shape index (κ2) is 6.16. The number of ether oxygens (including phenoxy) is 1. The molecular weight excluding hydrogens is 356 g/mol. The number of nitrogens with one attached hydrogen (secondary N) is 1. The molecule has 2 aromatic heterocycles. The average molecular weight is 364 g/mol. The molecule has 12 heteroatoms. The first-order valence-electron chi connectivity index (χ1n) is 6.57. The lowest BCUT2D eigenvalue weighted by atomic mass is 10.3. The Morgan fingerprint density at radius 2 is 2.04 bits per heavy atom. The van der Waals surface area contributed by atoms with Crippen LogP contribution >= 0.6 is 11.3 Å². The van der Waals surface area contributed by atoms with Crippen LogP contribution in [0, 0.1) is 20.2 Å². The predicted octanol–water partition coefficient (Wildman–Crippen LogP) is 2.97. The summed E-state index contributed by atoms with van der Waals surface area (Å²) in [5.74, 6) is -1.37. The van der Waals surface area contributed by atoms with E-state index in [1.807, 2.05) is 0 Å². The number of fused-ring (bicyclic) bond motifs is 1. The summed E-state index contributed by atoms with van der Waals surface area (Å²) in [6, 6.07) is 4.75. The number of furan rings is 1. The summed E-state index contributed by atoms with van der Waals surface area (Å²) in [6.45, 7) is 0. The number of carbonyl (C=O) groups is 1. The minimum atomic E-state index is -0.765. The average Bonchev–Trinajstić information content (AvgIpc) is 3.20. The number of hydrogen-bond donors (Lipinski definition) is 1. The van der Waals surface area contributed by atoms with Crippen LogP contribution in [0.3, 0.4) is 0 Å². The third kappa shape index (κ3) is 3.10. The van der Waals surface area contributed by atoms with Crippen molar-refractivity contribution in [1.29, 1.82) is 0 Å². The molecule has 0 radical (unpaired) electrons. The summed E-state index contributed by atoms with van der Waals surface area (Å²) in [4.78, 5) is 36.4. The molecule has 1 amide bonds. The van der Waals surface area contributed by atoms with Crippen LogP contribution in [-0.4, -0.2) is 27.8 Å². The monoisotopic (exact) mass is 364 g/mol. The Hall–Kier alpha value is -3.54. The number of hydrogen-bond acceptors (Lipinski definition) is 9. The van der Waals surface area contributed by atoms with E-state index in [0.717, 1.165) is 23.5 Å². The van der Waals surface area contributed by atoms with Crippen molar-refractivity contribution in [3.05, 3.63) is 50.3 Å². The summed E-state index contributed by atoms with van der Waals surface area (Å²) in [5, 5.41) is 24.1. The number of rotatable bonds is 5. The molecule has 25 heavy (non-hydrogen) atoms. The van der Waals surface area contributed by atoms with Crippen LogP contribution in [-0.2, 0) is 0 Å². The van der Waals surface area contributed by atoms with E-state index in [1.54, 1.807) is 0 Å². The van der Waals surface area contributed by atoms with Gasteiger partial charge < -0.3 is 9.15 Å². The van der Waals surface area contributed by atoms with E-state index in [4.69, 9.17) is 9.15 Å². The maximum Gasteiger partial charge on any atom is 0.433 e. The van der Waals surface area contributed by atoms with Gasteiger partial charge in [-0.25, -0.2) is 4.98 Å². The lowest BCUT2D eigenvalue weighted by molar-refractivity contribution is -0.402. The zero-order chi connectivity index (χ0) is 18.1. The molecule has 0 atom stereocenters. The number of benzene rings is 1. The molecule has 1 N–H and O–H groups in total. The molecule has 0 saturated heterocycles. The molecule has 0 aliphatic heterocycles. The Balaban J connectivity index is 1.92. The van der Waals surface area contributed by atoms with Crippen LogP contribution in [0.2, 0.25) is 0 Å². The van der Waals surface area contributed by atoms with E-state index < -0.39 is 21.6 Å². The number of nitro groups is 2. The first kappa shape index (κ1) is 16.3. The van der Waals surface area contributed by atoms with Crippen molar-refractivity contribution in [3.63, 3.8) is 0 Å². The topological polar surface area (TPSA) is 151 Å². The van der Waals surface area contributed by atoms with Gasteiger partial charge in [0.15, 0.2) is 16.6 Å². The summed E-state index contributed by atoms with van der Waals surface area (Å²) < 4.78 is 10.3. The number of amides is 1. The van der Waals surface area contributed by atoms with Crippen LogP contribution in [0.5, 0.6) is 5.75 Å². The molecule has 0 unspecified atom stereocenters. The highest BCUT2D eigenvalue weighted by Crippen LogP contribution is 2.36. The van der Waals surface area contributed by atoms with Gasteiger partial charge in [-0.05, 0) is 6.07 Å². The van der Waals surface area contributed by atoms with Gasteiger partial charge in [0.25, 0.3) is 11.6 Å². The Morgan fingerprint density at radius 3 is 2.64 bits per heavy atom. The van der Waals surface area contributed by atoms with Gasteiger partial charge in [0.2, 0.25) is 0 Å². The van der Waals surface area contributed by atoms with Gasteiger partial charge in [-0.3, -0.25) is 30.3 Å². The van der Waals surface area contributed by atoms with E-state index in [9.17, 15) is 25.0 Å². The van der Waals surface area contributed by atoms with Crippen molar-refractivity contribution in [3.8, 4) is 5.75 Å². The standard InChI is InChI=1S/C13H8N4O7S/c1-23-8-4-6(16(19)20)5-9-11(8)14-13(25-9)15-12(18)7-2-3-10(24-7)17(21)22/h2-5H,1H3,(H,14,15,18). The Morgan fingerprint density at radius 1 is 1.28 bits per heavy atom. The highest BCUT2D eigenvalue weighted by Gasteiger charge is 2.20. The minimum Gasteiger partial charge on any atom is -0.494 e. The third-order valence-corrected chi connectivity index (χ3v) is 4.01. The van der Waals surface area contributed by atoms with Gasteiger partial charge in [-0.2, -0.15) is 0 Å². The molecule has 0 aliphatic carbocycles. The molecule has 0 fully saturated rings. The summed E-state index contributed by atoms with van der Waals surface area (Å²) in [6.07, 6.45) is 0. The Kier molecular flexibility index (Phi) is 4.02. The van der Waals surface area contributed by atoms with Crippen LogP contribution in [0.25, 0.3) is 10.2 Å². The van der Waals surface area contributed by atoms with Crippen LogP contribution < -0.4 is 10.1 Å². The molecule has 0 saturated carbocycles. The summed E-state index contributed by atoms with van der Waals surface area (Å²) in [7, 11) is 1.35. The number of aromatic nitrogens is 1. The van der Waals surface area contributed by atoms with Crippen molar-refractivity contribution < 1.29 is 23.8 Å². The van der Waals surface area contributed by atoms with Crippen molar-refractivity contribution in [2.45, 2.75) is 0 Å². The molecule has 128 valence electrons. The van der Waals surface area contributed by atoms with Gasteiger partial charge >= 0.3 is 5.88 Å². The zero-order valence-electron chi connectivity index (χ0n) is 12.4. The molecule has 3 aromatic rings. The quantitative estimate of drug-likeness (QED) is 0.536. The molecule has 0 bridgehead atoms. The van der Waals surface area contributed by atoms with Crippen molar-refractivity contribution >= 4 is 44.2 Å². The third-order valence-electron chi connectivity index (χ3n) is 3.09. The van der Waals surface area contributed by atoms with Gasteiger partial charge in [-0.15, -0.1) is 0 Å². The molecule has 0 aliphatic rings. The maximum atomic E-state index is 12.1.